The van der Waals surface area contributed by atoms with Crippen LogP contribution in [0.3, 0.4) is 0 Å². The summed E-state index contributed by atoms with van der Waals surface area (Å²) in [6.07, 6.45) is 1.45. The normalized spacial score (nSPS) is 14.7. The maximum absolute atomic E-state index is 13.0. The highest BCUT2D eigenvalue weighted by Gasteiger charge is 2.28. The van der Waals surface area contributed by atoms with E-state index in [0.717, 1.165) is 20.5 Å². The van der Waals surface area contributed by atoms with Crippen molar-refractivity contribution in [3.63, 3.8) is 0 Å². The Bertz CT molecular complexity index is 999. The van der Waals surface area contributed by atoms with E-state index in [1.54, 1.807) is 11.0 Å². The molecular weight excluding hydrogens is 362 g/mol. The predicted octanol–water partition coefficient (Wildman–Crippen LogP) is 2.86. The van der Waals surface area contributed by atoms with E-state index in [9.17, 15) is 9.59 Å². The first kappa shape index (κ1) is 17.8. The number of hydrogen-bond acceptors (Lipinski definition) is 5. The molecule has 6 nitrogen and oxygen atoms in total. The van der Waals surface area contributed by atoms with Crippen molar-refractivity contribution in [3.8, 4) is 0 Å². The summed E-state index contributed by atoms with van der Waals surface area (Å²) < 4.78 is 6.38. The Morgan fingerprint density at radius 1 is 1.11 bits per heavy atom. The van der Waals surface area contributed by atoms with Gasteiger partial charge < -0.3 is 20.0 Å². The van der Waals surface area contributed by atoms with Gasteiger partial charge in [-0.05, 0) is 30.0 Å². The fraction of sp³-hybridized carbons (Fsp3) is 0.300. The van der Waals surface area contributed by atoms with E-state index in [4.69, 9.17) is 10.2 Å². The average Bonchev–Trinajstić information content (AvgIpc) is 3.32. The summed E-state index contributed by atoms with van der Waals surface area (Å²) in [6.45, 7) is 4.35. The van der Waals surface area contributed by atoms with Gasteiger partial charge in [0, 0.05) is 30.9 Å². The van der Waals surface area contributed by atoms with E-state index in [1.165, 1.54) is 17.6 Å². The molecule has 0 unspecified atom stereocenters. The fourth-order valence-corrected chi connectivity index (χ4v) is 4.59. The second-order valence-corrected chi connectivity index (χ2v) is 7.69. The molecule has 1 aromatic carbocycles. The molecular formula is C20H21N3O3S. The van der Waals surface area contributed by atoms with E-state index < -0.39 is 0 Å². The van der Waals surface area contributed by atoms with E-state index in [1.807, 2.05) is 30.0 Å². The van der Waals surface area contributed by atoms with Gasteiger partial charge in [0.1, 0.15) is 12.0 Å². The molecule has 2 amide bonds. The molecule has 0 radical (unpaired) electrons. The third-order valence-corrected chi connectivity index (χ3v) is 6.25. The number of amides is 2. The van der Waals surface area contributed by atoms with Crippen molar-refractivity contribution < 1.29 is 14.0 Å². The van der Waals surface area contributed by atoms with Crippen molar-refractivity contribution in [1.29, 1.82) is 0 Å². The minimum atomic E-state index is -0.0800. The molecule has 3 heterocycles. The van der Waals surface area contributed by atoms with Crippen LogP contribution in [0.2, 0.25) is 0 Å². The number of carbonyl (C=O) groups excluding carboxylic acids is 2. The molecule has 140 valence electrons. The lowest BCUT2D eigenvalue weighted by atomic mass is 10.1. The van der Waals surface area contributed by atoms with Crippen molar-refractivity contribution in [2.75, 3.05) is 26.2 Å². The molecule has 1 aliphatic rings. The van der Waals surface area contributed by atoms with Crippen LogP contribution in [0.1, 0.15) is 31.4 Å². The standard InChI is InChI=1S/C20H21N3O3S/c1-13-16-4-2-3-5-17(16)27-18(13)20(25)23-8-6-22(7-9-23)19(24)14-10-15(11-21)26-12-14/h2-5,10,12H,6-9,11,21H2,1H3. The molecule has 1 aliphatic heterocycles. The maximum Gasteiger partial charge on any atom is 0.264 e. The summed E-state index contributed by atoms with van der Waals surface area (Å²) in [4.78, 5) is 29.9. The summed E-state index contributed by atoms with van der Waals surface area (Å²) in [5.41, 5.74) is 7.07. The van der Waals surface area contributed by atoms with Gasteiger partial charge in [0.05, 0.1) is 17.0 Å². The monoisotopic (exact) mass is 383 g/mol. The topological polar surface area (TPSA) is 79.8 Å². The number of aryl methyl sites for hydroxylation is 1. The molecule has 3 aromatic rings. The highest BCUT2D eigenvalue weighted by Crippen LogP contribution is 2.31. The Morgan fingerprint density at radius 2 is 1.78 bits per heavy atom. The van der Waals surface area contributed by atoms with Crippen LogP contribution in [-0.4, -0.2) is 47.8 Å². The second-order valence-electron chi connectivity index (χ2n) is 6.64. The Kier molecular flexibility index (Phi) is 4.72. The van der Waals surface area contributed by atoms with Crippen LogP contribution in [-0.2, 0) is 6.54 Å². The van der Waals surface area contributed by atoms with Crippen LogP contribution in [0.4, 0.5) is 0 Å². The van der Waals surface area contributed by atoms with E-state index in [-0.39, 0.29) is 18.4 Å². The fourth-order valence-electron chi connectivity index (χ4n) is 3.42. The molecule has 0 bridgehead atoms. The van der Waals surface area contributed by atoms with Gasteiger partial charge in [-0.25, -0.2) is 0 Å². The third kappa shape index (κ3) is 3.24. The van der Waals surface area contributed by atoms with Gasteiger partial charge in [-0.1, -0.05) is 18.2 Å². The van der Waals surface area contributed by atoms with Gasteiger partial charge in [-0.2, -0.15) is 0 Å². The zero-order chi connectivity index (χ0) is 19.0. The Morgan fingerprint density at radius 3 is 2.41 bits per heavy atom. The minimum Gasteiger partial charge on any atom is -0.467 e. The van der Waals surface area contributed by atoms with E-state index >= 15 is 0 Å². The molecule has 2 N–H and O–H groups in total. The lowest BCUT2D eigenvalue weighted by Gasteiger charge is -2.34. The van der Waals surface area contributed by atoms with Crippen molar-refractivity contribution in [3.05, 3.63) is 58.4 Å². The molecule has 0 aliphatic carbocycles. The number of thiophene rings is 1. The summed E-state index contributed by atoms with van der Waals surface area (Å²) in [7, 11) is 0. The minimum absolute atomic E-state index is 0.0505. The zero-order valence-corrected chi connectivity index (χ0v) is 15.9. The number of piperazine rings is 1. The van der Waals surface area contributed by atoms with Crippen molar-refractivity contribution >= 4 is 33.2 Å². The van der Waals surface area contributed by atoms with Gasteiger partial charge in [-0.15, -0.1) is 11.3 Å². The number of rotatable bonds is 3. The van der Waals surface area contributed by atoms with Crippen molar-refractivity contribution in [2.24, 2.45) is 5.73 Å². The summed E-state index contributed by atoms with van der Waals surface area (Å²) in [6, 6.07) is 9.76. The molecule has 1 fully saturated rings. The van der Waals surface area contributed by atoms with E-state index in [2.05, 4.69) is 6.07 Å². The molecule has 1 saturated heterocycles. The van der Waals surface area contributed by atoms with Crippen LogP contribution >= 0.6 is 11.3 Å². The molecule has 7 heteroatoms. The van der Waals surface area contributed by atoms with Crippen LogP contribution in [0.15, 0.2) is 41.0 Å². The van der Waals surface area contributed by atoms with Crippen LogP contribution in [0.5, 0.6) is 0 Å². The molecule has 0 spiro atoms. The lowest BCUT2D eigenvalue weighted by molar-refractivity contribution is 0.0537. The first-order valence-electron chi connectivity index (χ1n) is 8.92. The summed E-state index contributed by atoms with van der Waals surface area (Å²) >= 11 is 1.54. The predicted molar refractivity (Wildman–Crippen MR) is 105 cm³/mol. The number of fused-ring (bicyclic) bond motifs is 1. The largest absolute Gasteiger partial charge is 0.467 e. The summed E-state index contributed by atoms with van der Waals surface area (Å²) in [5, 5.41) is 1.13. The van der Waals surface area contributed by atoms with Gasteiger partial charge in [0.2, 0.25) is 0 Å². The number of furan rings is 1. The average molecular weight is 383 g/mol. The quantitative estimate of drug-likeness (QED) is 0.754. The first-order chi connectivity index (χ1) is 13.1. The number of benzene rings is 1. The zero-order valence-electron chi connectivity index (χ0n) is 15.1. The molecule has 4 rings (SSSR count). The Balaban J connectivity index is 1.44. The molecule has 27 heavy (non-hydrogen) atoms. The Labute approximate surface area is 161 Å². The number of nitrogens with zero attached hydrogens (tertiary/aromatic N) is 2. The number of hydrogen-bond donors (Lipinski definition) is 1. The van der Waals surface area contributed by atoms with E-state index in [0.29, 0.717) is 37.5 Å². The maximum atomic E-state index is 13.0. The molecule has 2 aromatic heterocycles. The van der Waals surface area contributed by atoms with Gasteiger partial charge >= 0.3 is 0 Å². The van der Waals surface area contributed by atoms with Gasteiger partial charge in [0.25, 0.3) is 11.8 Å². The van der Waals surface area contributed by atoms with Crippen LogP contribution < -0.4 is 5.73 Å². The highest BCUT2D eigenvalue weighted by molar-refractivity contribution is 7.21. The number of nitrogens with two attached hydrogens (primary N) is 1. The van der Waals surface area contributed by atoms with Crippen molar-refractivity contribution in [2.45, 2.75) is 13.5 Å². The second kappa shape index (κ2) is 7.17. The highest BCUT2D eigenvalue weighted by atomic mass is 32.1. The lowest BCUT2D eigenvalue weighted by Crippen LogP contribution is -2.50. The van der Waals surface area contributed by atoms with Crippen LogP contribution in [0, 0.1) is 6.92 Å². The van der Waals surface area contributed by atoms with Gasteiger partial charge in [-0.3, -0.25) is 9.59 Å². The number of carbonyl (C=O) groups is 2. The third-order valence-electron chi connectivity index (χ3n) is 4.99. The van der Waals surface area contributed by atoms with Crippen LogP contribution in [0.25, 0.3) is 10.1 Å². The first-order valence-corrected chi connectivity index (χ1v) is 9.74. The Hall–Kier alpha value is -2.64. The molecule has 0 saturated carbocycles. The van der Waals surface area contributed by atoms with Crippen molar-refractivity contribution in [1.82, 2.24) is 9.80 Å². The summed E-state index contributed by atoms with van der Waals surface area (Å²) in [5.74, 6) is 0.561. The smallest absolute Gasteiger partial charge is 0.264 e. The van der Waals surface area contributed by atoms with Gasteiger partial charge in [0.15, 0.2) is 0 Å². The SMILES string of the molecule is Cc1c(C(=O)N2CCN(C(=O)c3coc(CN)c3)CC2)sc2ccccc12. The molecule has 0 atom stereocenters.